The predicted octanol–water partition coefficient (Wildman–Crippen LogP) is 2.00. The number of hydrogen-bond acceptors (Lipinski definition) is 2. The molecule has 2 rings (SSSR count). The lowest BCUT2D eigenvalue weighted by Gasteiger charge is -2.09. The van der Waals surface area contributed by atoms with E-state index in [-0.39, 0.29) is 15.4 Å². The van der Waals surface area contributed by atoms with E-state index in [2.05, 4.69) is 20.9 Å². The van der Waals surface area contributed by atoms with Crippen molar-refractivity contribution in [3.8, 4) is 0 Å². The van der Waals surface area contributed by atoms with Crippen molar-refractivity contribution in [2.24, 2.45) is 0 Å². The number of aromatic amines is 2. The Balaban J connectivity index is 2.91. The number of nitrogens with one attached hydrogen (secondary N) is 2. The Bertz CT molecular complexity index is 702. The van der Waals surface area contributed by atoms with Crippen LogP contribution in [0.15, 0.2) is 26.2 Å². The minimum absolute atomic E-state index is 0.0404. The number of rotatable bonds is 0. The van der Waals surface area contributed by atoms with E-state index >= 15 is 0 Å². The highest BCUT2D eigenvalue weighted by Crippen LogP contribution is 2.36. The monoisotopic (exact) mass is 308 g/mol. The van der Waals surface area contributed by atoms with Gasteiger partial charge in [0.25, 0.3) is 5.56 Å². The zero-order valence-corrected chi connectivity index (χ0v) is 9.57. The molecule has 2 aromatic rings. The van der Waals surface area contributed by atoms with E-state index < -0.39 is 23.0 Å². The summed E-state index contributed by atoms with van der Waals surface area (Å²) in [6, 6.07) is 1.74. The maximum absolute atomic E-state index is 12.6. The van der Waals surface area contributed by atoms with Gasteiger partial charge < -0.3 is 4.98 Å². The number of hydrogen-bond donors (Lipinski definition) is 2. The first-order valence-electron chi connectivity index (χ1n) is 4.32. The molecule has 0 radical (unpaired) electrons. The molecule has 0 saturated carbocycles. The lowest BCUT2D eigenvalue weighted by Crippen LogP contribution is -2.22. The molecule has 1 aromatic heterocycles. The molecule has 0 unspecified atom stereocenters. The first kappa shape index (κ1) is 11.9. The Kier molecular flexibility index (Phi) is 2.61. The summed E-state index contributed by atoms with van der Waals surface area (Å²) < 4.78 is 37.5. The molecule has 0 aliphatic heterocycles. The fourth-order valence-corrected chi connectivity index (χ4v) is 1.97. The molecule has 17 heavy (non-hydrogen) atoms. The molecule has 0 amide bonds. The van der Waals surface area contributed by atoms with Crippen molar-refractivity contribution < 1.29 is 13.2 Å². The second kappa shape index (κ2) is 3.73. The SMILES string of the molecule is O=c1[nH]c(=O)c2cc(C(F)(F)F)c(Br)cc2[nH]1. The highest BCUT2D eigenvalue weighted by Gasteiger charge is 2.33. The number of fused-ring (bicyclic) bond motifs is 1. The van der Waals surface area contributed by atoms with Crippen molar-refractivity contribution in [2.75, 3.05) is 0 Å². The van der Waals surface area contributed by atoms with Crippen molar-refractivity contribution in [3.63, 3.8) is 0 Å². The molecule has 8 heteroatoms. The zero-order chi connectivity index (χ0) is 12.8. The van der Waals surface area contributed by atoms with Gasteiger partial charge in [0.15, 0.2) is 0 Å². The number of alkyl halides is 3. The van der Waals surface area contributed by atoms with Crippen molar-refractivity contribution in [1.29, 1.82) is 0 Å². The summed E-state index contributed by atoms with van der Waals surface area (Å²) in [4.78, 5) is 26.4. The summed E-state index contributed by atoms with van der Waals surface area (Å²) in [6.45, 7) is 0. The minimum atomic E-state index is -4.57. The molecule has 0 spiro atoms. The van der Waals surface area contributed by atoms with Crippen LogP contribution in [0.25, 0.3) is 10.9 Å². The normalized spacial score (nSPS) is 12.0. The number of halogens is 4. The van der Waals surface area contributed by atoms with Gasteiger partial charge >= 0.3 is 11.9 Å². The second-order valence-electron chi connectivity index (χ2n) is 3.28. The molecule has 90 valence electrons. The maximum Gasteiger partial charge on any atom is 0.417 e. The van der Waals surface area contributed by atoms with E-state index in [4.69, 9.17) is 0 Å². The van der Waals surface area contributed by atoms with Gasteiger partial charge in [-0.25, -0.2) is 4.79 Å². The molecule has 1 aromatic carbocycles. The van der Waals surface area contributed by atoms with Crippen LogP contribution in [0, 0.1) is 0 Å². The van der Waals surface area contributed by atoms with Crippen LogP contribution in [-0.2, 0) is 6.18 Å². The van der Waals surface area contributed by atoms with Crippen LogP contribution in [-0.4, -0.2) is 9.97 Å². The molecular weight excluding hydrogens is 305 g/mol. The number of benzene rings is 1. The van der Waals surface area contributed by atoms with Gasteiger partial charge in [-0.15, -0.1) is 0 Å². The lowest BCUT2D eigenvalue weighted by molar-refractivity contribution is -0.138. The van der Waals surface area contributed by atoms with E-state index in [9.17, 15) is 22.8 Å². The summed E-state index contributed by atoms with van der Waals surface area (Å²) in [5, 5.41) is -0.222. The van der Waals surface area contributed by atoms with Crippen LogP contribution in [0.5, 0.6) is 0 Å². The highest BCUT2D eigenvalue weighted by atomic mass is 79.9. The van der Waals surface area contributed by atoms with Crippen LogP contribution in [0.3, 0.4) is 0 Å². The molecule has 2 N–H and O–H groups in total. The average molecular weight is 309 g/mol. The Hall–Kier alpha value is -1.57. The van der Waals surface area contributed by atoms with Gasteiger partial charge in [0.1, 0.15) is 0 Å². The van der Waals surface area contributed by atoms with Crippen LogP contribution in [0.4, 0.5) is 13.2 Å². The van der Waals surface area contributed by atoms with Crippen molar-refractivity contribution >= 4 is 26.8 Å². The van der Waals surface area contributed by atoms with Gasteiger partial charge in [0.05, 0.1) is 16.5 Å². The van der Waals surface area contributed by atoms with Gasteiger partial charge in [-0.05, 0) is 12.1 Å². The van der Waals surface area contributed by atoms with Crippen molar-refractivity contribution in [2.45, 2.75) is 6.18 Å². The van der Waals surface area contributed by atoms with Gasteiger partial charge in [0.2, 0.25) is 0 Å². The van der Waals surface area contributed by atoms with Gasteiger partial charge in [-0.1, -0.05) is 15.9 Å². The summed E-state index contributed by atoms with van der Waals surface area (Å²) in [5.41, 5.74) is -2.56. The Morgan fingerprint density at radius 2 is 1.76 bits per heavy atom. The average Bonchev–Trinajstić information content (AvgIpc) is 2.13. The third-order valence-electron chi connectivity index (χ3n) is 2.13. The van der Waals surface area contributed by atoms with Crippen LogP contribution in [0.2, 0.25) is 0 Å². The summed E-state index contributed by atoms with van der Waals surface area (Å²) >= 11 is 2.75. The second-order valence-corrected chi connectivity index (χ2v) is 4.14. The summed E-state index contributed by atoms with van der Waals surface area (Å²) in [5.74, 6) is 0. The van der Waals surface area contributed by atoms with Gasteiger partial charge in [-0.3, -0.25) is 9.78 Å². The van der Waals surface area contributed by atoms with Crippen molar-refractivity contribution in [3.05, 3.63) is 43.0 Å². The van der Waals surface area contributed by atoms with Crippen LogP contribution >= 0.6 is 15.9 Å². The first-order chi connectivity index (χ1) is 7.79. The fourth-order valence-electron chi connectivity index (χ4n) is 1.41. The Morgan fingerprint density at radius 3 is 2.35 bits per heavy atom. The molecule has 0 atom stereocenters. The minimum Gasteiger partial charge on any atom is -0.307 e. The number of H-pyrrole nitrogens is 2. The third kappa shape index (κ3) is 2.12. The van der Waals surface area contributed by atoms with Crippen molar-refractivity contribution in [1.82, 2.24) is 9.97 Å². The molecule has 0 aliphatic rings. The Labute approximate surface area is 99.6 Å². The number of aromatic nitrogens is 2. The molecule has 0 aliphatic carbocycles. The molecular formula is C9H4BrF3N2O2. The largest absolute Gasteiger partial charge is 0.417 e. The van der Waals surface area contributed by atoms with Crippen LogP contribution < -0.4 is 11.2 Å². The summed E-state index contributed by atoms with van der Waals surface area (Å²) in [7, 11) is 0. The van der Waals surface area contributed by atoms with Gasteiger partial charge in [-0.2, -0.15) is 13.2 Å². The fraction of sp³-hybridized carbons (Fsp3) is 0.111. The molecule has 0 bridgehead atoms. The summed E-state index contributed by atoms with van der Waals surface area (Å²) in [6.07, 6.45) is -4.57. The molecule has 0 saturated heterocycles. The van der Waals surface area contributed by atoms with E-state index in [1.165, 1.54) is 0 Å². The van der Waals surface area contributed by atoms with E-state index in [0.717, 1.165) is 6.07 Å². The molecule has 0 fully saturated rings. The quantitative estimate of drug-likeness (QED) is 0.782. The smallest absolute Gasteiger partial charge is 0.307 e. The molecule has 1 heterocycles. The molecule has 4 nitrogen and oxygen atoms in total. The zero-order valence-electron chi connectivity index (χ0n) is 7.98. The highest BCUT2D eigenvalue weighted by molar-refractivity contribution is 9.10. The van der Waals surface area contributed by atoms with E-state index in [1.807, 2.05) is 4.98 Å². The standard InChI is InChI=1S/C9H4BrF3N2O2/c10-5-2-6-3(1-4(5)9(11,12)13)7(16)15-8(17)14-6/h1-2H,(H2,14,15,16,17). The topological polar surface area (TPSA) is 65.7 Å². The van der Waals surface area contributed by atoms with Crippen LogP contribution in [0.1, 0.15) is 5.56 Å². The first-order valence-corrected chi connectivity index (χ1v) is 5.11. The Morgan fingerprint density at radius 1 is 1.12 bits per heavy atom. The third-order valence-corrected chi connectivity index (χ3v) is 2.79. The maximum atomic E-state index is 12.6. The van der Waals surface area contributed by atoms with Gasteiger partial charge in [0, 0.05) is 4.47 Å². The lowest BCUT2D eigenvalue weighted by atomic mass is 10.1. The van der Waals surface area contributed by atoms with E-state index in [0.29, 0.717) is 6.07 Å². The predicted molar refractivity (Wildman–Crippen MR) is 57.9 cm³/mol. The van der Waals surface area contributed by atoms with E-state index in [1.54, 1.807) is 0 Å².